The lowest BCUT2D eigenvalue weighted by Crippen LogP contribution is -2.13. The van der Waals surface area contributed by atoms with Gasteiger partial charge in [0.15, 0.2) is 0 Å². The summed E-state index contributed by atoms with van der Waals surface area (Å²) in [6.45, 7) is 5.04. The summed E-state index contributed by atoms with van der Waals surface area (Å²) >= 11 is 0. The van der Waals surface area contributed by atoms with Crippen molar-refractivity contribution in [3.05, 3.63) is 0 Å². The van der Waals surface area contributed by atoms with Crippen LogP contribution in [0.4, 0.5) is 0 Å². The van der Waals surface area contributed by atoms with E-state index in [-0.39, 0.29) is 11.9 Å². The molecule has 88 valence electrons. The van der Waals surface area contributed by atoms with Crippen LogP contribution in [0.15, 0.2) is 0 Å². The van der Waals surface area contributed by atoms with E-state index in [0.717, 1.165) is 12.8 Å². The molecule has 4 nitrogen and oxygen atoms in total. The molecule has 0 N–H and O–H groups in total. The van der Waals surface area contributed by atoms with Gasteiger partial charge in [-0.1, -0.05) is 12.8 Å². The summed E-state index contributed by atoms with van der Waals surface area (Å²) in [6.07, 6.45) is 4.48. The highest BCUT2D eigenvalue weighted by Crippen LogP contribution is 2.25. The fourth-order valence-corrected chi connectivity index (χ4v) is 1.49. The Morgan fingerprint density at radius 1 is 1.27 bits per heavy atom. The van der Waals surface area contributed by atoms with E-state index in [1.165, 1.54) is 12.8 Å². The second-order valence-electron chi connectivity index (χ2n) is 3.28. The van der Waals surface area contributed by atoms with Gasteiger partial charge in [0.2, 0.25) is 0 Å². The Balaban J connectivity index is 0.000000336. The minimum atomic E-state index is 0.0139. The van der Waals surface area contributed by atoms with E-state index in [4.69, 9.17) is 4.74 Å². The van der Waals surface area contributed by atoms with Crippen molar-refractivity contribution in [3.8, 4) is 0 Å². The van der Waals surface area contributed by atoms with Crippen LogP contribution in [0, 0.1) is 5.92 Å². The van der Waals surface area contributed by atoms with Crippen molar-refractivity contribution >= 4 is 12.4 Å². The minimum Gasteiger partial charge on any atom is -0.468 e. The average molecular weight is 216 g/mol. The molecule has 0 atom stereocenters. The quantitative estimate of drug-likeness (QED) is 0.532. The van der Waals surface area contributed by atoms with E-state index in [2.05, 4.69) is 4.74 Å². The van der Waals surface area contributed by atoms with Gasteiger partial charge in [-0.2, -0.15) is 0 Å². The van der Waals surface area contributed by atoms with E-state index >= 15 is 0 Å². The zero-order chi connectivity index (χ0) is 11.5. The molecule has 1 fully saturated rings. The smallest absolute Gasteiger partial charge is 0.308 e. The molecule has 0 aromatic carbocycles. The molecule has 0 spiro atoms. The fraction of sp³-hybridized carbons (Fsp3) is 0.818. The maximum Gasteiger partial charge on any atom is 0.308 e. The monoisotopic (exact) mass is 216 g/mol. The maximum atomic E-state index is 11.0. The average Bonchev–Trinajstić information content (AvgIpc) is 2.73. The predicted molar refractivity (Wildman–Crippen MR) is 56.3 cm³/mol. The van der Waals surface area contributed by atoms with Gasteiger partial charge in [0.1, 0.15) is 0 Å². The van der Waals surface area contributed by atoms with Crippen molar-refractivity contribution in [3.63, 3.8) is 0 Å². The highest BCUT2D eigenvalue weighted by molar-refractivity contribution is 5.72. The number of ether oxygens (including phenoxy) is 2. The lowest BCUT2D eigenvalue weighted by atomic mass is 10.1. The zero-order valence-corrected chi connectivity index (χ0v) is 9.53. The Morgan fingerprint density at radius 2 is 1.87 bits per heavy atom. The van der Waals surface area contributed by atoms with Crippen molar-refractivity contribution in [2.45, 2.75) is 39.5 Å². The van der Waals surface area contributed by atoms with Crippen LogP contribution in [0.1, 0.15) is 39.5 Å². The van der Waals surface area contributed by atoms with Gasteiger partial charge in [0.05, 0.1) is 19.1 Å². The van der Waals surface area contributed by atoms with Gasteiger partial charge in [-0.05, 0) is 26.7 Å². The molecule has 1 rings (SSSR count). The van der Waals surface area contributed by atoms with E-state index in [0.29, 0.717) is 19.7 Å². The van der Waals surface area contributed by atoms with E-state index in [1.807, 2.05) is 6.92 Å². The third-order valence-corrected chi connectivity index (χ3v) is 2.21. The lowest BCUT2D eigenvalue weighted by molar-refractivity contribution is -0.147. The van der Waals surface area contributed by atoms with Crippen molar-refractivity contribution in [2.24, 2.45) is 5.92 Å². The number of carbonyl (C=O) groups excluding carboxylic acids is 2. The Bertz CT molecular complexity index is 173. The molecule has 1 saturated carbocycles. The lowest BCUT2D eigenvalue weighted by Gasteiger charge is -2.06. The van der Waals surface area contributed by atoms with Gasteiger partial charge < -0.3 is 9.47 Å². The first kappa shape index (κ1) is 13.9. The van der Waals surface area contributed by atoms with Gasteiger partial charge in [0, 0.05) is 0 Å². The first-order chi connectivity index (χ1) is 7.26. The predicted octanol–water partition coefficient (Wildman–Crippen LogP) is 1.92. The molecule has 15 heavy (non-hydrogen) atoms. The summed E-state index contributed by atoms with van der Waals surface area (Å²) in [5, 5.41) is 0. The van der Waals surface area contributed by atoms with Crippen molar-refractivity contribution in [2.75, 3.05) is 13.2 Å². The summed E-state index contributed by atoms with van der Waals surface area (Å²) in [5.74, 6) is 0.236. The van der Waals surface area contributed by atoms with Crippen LogP contribution < -0.4 is 0 Å². The molecule has 0 amide bonds. The summed E-state index contributed by atoms with van der Waals surface area (Å²) < 4.78 is 9.04. The number of hydrogen-bond donors (Lipinski definition) is 0. The normalized spacial score (nSPS) is 15.1. The molecule has 0 radical (unpaired) electrons. The Labute approximate surface area is 90.9 Å². The molecule has 0 aliphatic heterocycles. The molecule has 0 saturated heterocycles. The Hall–Kier alpha value is -1.06. The second kappa shape index (κ2) is 9.49. The first-order valence-corrected chi connectivity index (χ1v) is 5.48. The summed E-state index contributed by atoms with van der Waals surface area (Å²) in [4.78, 5) is 20.2. The van der Waals surface area contributed by atoms with Gasteiger partial charge in [-0.25, -0.2) is 0 Å². The Morgan fingerprint density at radius 3 is 2.20 bits per heavy atom. The highest BCUT2D eigenvalue weighted by Gasteiger charge is 2.23. The first-order valence-electron chi connectivity index (χ1n) is 5.48. The third kappa shape index (κ3) is 6.94. The van der Waals surface area contributed by atoms with Crippen LogP contribution in [-0.4, -0.2) is 25.7 Å². The highest BCUT2D eigenvalue weighted by atomic mass is 16.5. The molecule has 1 aliphatic carbocycles. The largest absolute Gasteiger partial charge is 0.468 e. The molecule has 4 heteroatoms. The molecule has 0 aromatic rings. The molecule has 0 heterocycles. The molecular weight excluding hydrogens is 196 g/mol. The maximum absolute atomic E-state index is 11.0. The zero-order valence-electron chi connectivity index (χ0n) is 9.53. The SMILES string of the molecule is CCOC(=O)C1CCCC1.CCOC=O. The van der Waals surface area contributed by atoms with Crippen LogP contribution in [-0.2, 0) is 19.1 Å². The summed E-state index contributed by atoms with van der Waals surface area (Å²) in [6, 6.07) is 0. The topological polar surface area (TPSA) is 52.6 Å². The van der Waals surface area contributed by atoms with Gasteiger partial charge >= 0.3 is 5.97 Å². The van der Waals surface area contributed by atoms with Crippen LogP contribution in [0.2, 0.25) is 0 Å². The van der Waals surface area contributed by atoms with Gasteiger partial charge in [0.25, 0.3) is 6.47 Å². The summed E-state index contributed by atoms with van der Waals surface area (Å²) in [7, 11) is 0. The summed E-state index contributed by atoms with van der Waals surface area (Å²) in [5.41, 5.74) is 0. The molecule has 0 bridgehead atoms. The van der Waals surface area contributed by atoms with Gasteiger partial charge in [-0.15, -0.1) is 0 Å². The fourth-order valence-electron chi connectivity index (χ4n) is 1.49. The standard InChI is InChI=1S/C8H14O2.C3H6O2/c1-2-10-8(9)7-5-3-4-6-7;1-2-5-3-4/h7H,2-6H2,1H3;3H,2H2,1H3. The van der Waals surface area contributed by atoms with Crippen LogP contribution in [0.5, 0.6) is 0 Å². The minimum absolute atomic E-state index is 0.0139. The van der Waals surface area contributed by atoms with Gasteiger partial charge in [-0.3, -0.25) is 9.59 Å². The number of carbonyl (C=O) groups is 2. The molecular formula is C11H20O4. The third-order valence-electron chi connectivity index (χ3n) is 2.21. The van der Waals surface area contributed by atoms with E-state index in [1.54, 1.807) is 6.92 Å². The number of esters is 1. The Kier molecular flexibility index (Phi) is 8.82. The van der Waals surface area contributed by atoms with E-state index < -0.39 is 0 Å². The van der Waals surface area contributed by atoms with Crippen molar-refractivity contribution in [1.29, 1.82) is 0 Å². The van der Waals surface area contributed by atoms with Crippen LogP contribution in [0.3, 0.4) is 0 Å². The van der Waals surface area contributed by atoms with Crippen LogP contribution in [0.25, 0.3) is 0 Å². The second-order valence-corrected chi connectivity index (χ2v) is 3.28. The van der Waals surface area contributed by atoms with Crippen molar-refractivity contribution < 1.29 is 19.1 Å². The number of rotatable bonds is 4. The molecule has 1 aliphatic rings. The van der Waals surface area contributed by atoms with Crippen LogP contribution >= 0.6 is 0 Å². The van der Waals surface area contributed by atoms with Crippen molar-refractivity contribution in [1.82, 2.24) is 0 Å². The molecule has 0 unspecified atom stereocenters. The number of hydrogen-bond acceptors (Lipinski definition) is 4. The molecule has 0 aromatic heterocycles. The van der Waals surface area contributed by atoms with E-state index in [9.17, 15) is 9.59 Å².